The minimum absolute atomic E-state index is 0.361. The maximum Gasteiger partial charge on any atom is 0.418 e. The van der Waals surface area contributed by atoms with E-state index in [1.807, 2.05) is 0 Å². The summed E-state index contributed by atoms with van der Waals surface area (Å²) in [5, 5.41) is 13.8. The van der Waals surface area contributed by atoms with Crippen LogP contribution in [0.1, 0.15) is 5.56 Å². The number of nitrogens with one attached hydrogen (secondary N) is 2. The third-order valence-electron chi connectivity index (χ3n) is 2.94. The highest BCUT2D eigenvalue weighted by molar-refractivity contribution is 9.10. The summed E-state index contributed by atoms with van der Waals surface area (Å²) < 4.78 is 39.5. The maximum atomic E-state index is 12.9. The molecular weight excluding hydrogens is 401 g/mol. The van der Waals surface area contributed by atoms with Crippen molar-refractivity contribution in [3.63, 3.8) is 0 Å². The Morgan fingerprint density at radius 1 is 1.24 bits per heavy atom. The first kappa shape index (κ1) is 18.5. The number of nitrogens with zero attached hydrogens (tertiary/aromatic N) is 2. The third kappa shape index (κ3) is 5.06. The number of para-hydroxylation sites is 1. The first-order chi connectivity index (χ1) is 11.8. The number of amides is 1. The molecule has 0 aliphatic rings. The predicted molar refractivity (Wildman–Crippen MR) is 89.3 cm³/mol. The number of pyridine rings is 1. The van der Waals surface area contributed by atoms with Crippen molar-refractivity contribution in [1.29, 1.82) is 5.26 Å². The van der Waals surface area contributed by atoms with Gasteiger partial charge in [-0.3, -0.25) is 4.79 Å². The van der Waals surface area contributed by atoms with Crippen LogP contribution in [0.4, 0.5) is 24.7 Å². The van der Waals surface area contributed by atoms with Crippen molar-refractivity contribution in [2.75, 3.05) is 10.6 Å². The zero-order chi connectivity index (χ0) is 18.4. The van der Waals surface area contributed by atoms with Gasteiger partial charge in [0.15, 0.2) is 0 Å². The van der Waals surface area contributed by atoms with E-state index in [2.05, 4.69) is 31.5 Å². The molecule has 25 heavy (non-hydrogen) atoms. The number of carbonyl (C=O) groups is 1. The Hall–Kier alpha value is -2.86. The molecule has 1 aromatic heterocycles. The quantitative estimate of drug-likeness (QED) is 0.581. The number of carbonyl (C=O) groups excluding carboxylic acids is 1. The Labute approximate surface area is 149 Å². The highest BCUT2D eigenvalue weighted by atomic mass is 79.9. The van der Waals surface area contributed by atoms with Gasteiger partial charge < -0.3 is 10.6 Å². The number of nitriles is 1. The molecule has 0 saturated carbocycles. The van der Waals surface area contributed by atoms with Gasteiger partial charge in [-0.05, 0) is 40.2 Å². The summed E-state index contributed by atoms with van der Waals surface area (Å²) >= 11 is 3.21. The Bertz CT molecular complexity index is 842. The summed E-state index contributed by atoms with van der Waals surface area (Å²) in [6.07, 6.45) is -2.05. The normalized spacial score (nSPS) is 11.6. The van der Waals surface area contributed by atoms with E-state index in [-0.39, 0.29) is 0 Å². The Morgan fingerprint density at radius 3 is 2.56 bits per heavy atom. The molecule has 9 heteroatoms. The molecule has 5 nitrogen and oxygen atoms in total. The standard InChI is InChI=1S/C16H10BrF3N4O/c17-11-5-6-14(23-9-11)22-8-10(7-21)15(25)24-13-4-2-1-3-12(13)16(18,19)20/h1-6,8-9H,(H,22,23)(H,24,25)/b10-8-. The molecule has 0 atom stereocenters. The summed E-state index contributed by atoms with van der Waals surface area (Å²) in [4.78, 5) is 16.0. The van der Waals surface area contributed by atoms with E-state index in [9.17, 15) is 18.0 Å². The highest BCUT2D eigenvalue weighted by Crippen LogP contribution is 2.34. The van der Waals surface area contributed by atoms with Crippen molar-refractivity contribution in [1.82, 2.24) is 4.98 Å². The van der Waals surface area contributed by atoms with Gasteiger partial charge in [0.25, 0.3) is 5.91 Å². The molecule has 0 aliphatic heterocycles. The van der Waals surface area contributed by atoms with Gasteiger partial charge in [-0.25, -0.2) is 4.98 Å². The molecule has 2 rings (SSSR count). The van der Waals surface area contributed by atoms with Crippen molar-refractivity contribution >= 4 is 33.3 Å². The fourth-order valence-electron chi connectivity index (χ4n) is 1.78. The molecule has 0 saturated heterocycles. The lowest BCUT2D eigenvalue weighted by atomic mass is 10.1. The molecular formula is C16H10BrF3N4O. The number of anilines is 2. The molecule has 0 spiro atoms. The molecule has 1 amide bonds. The average Bonchev–Trinajstić information content (AvgIpc) is 2.56. The summed E-state index contributed by atoms with van der Waals surface area (Å²) in [7, 11) is 0. The molecule has 0 unspecified atom stereocenters. The molecule has 0 fully saturated rings. The summed E-state index contributed by atoms with van der Waals surface area (Å²) in [5.41, 5.74) is -1.83. The molecule has 0 aliphatic carbocycles. The van der Waals surface area contributed by atoms with Crippen LogP contribution in [0.2, 0.25) is 0 Å². The van der Waals surface area contributed by atoms with Crippen molar-refractivity contribution in [2.24, 2.45) is 0 Å². The second kappa shape index (κ2) is 7.81. The van der Waals surface area contributed by atoms with E-state index in [4.69, 9.17) is 5.26 Å². The molecule has 0 bridgehead atoms. The number of benzene rings is 1. The van der Waals surface area contributed by atoms with Gasteiger partial charge in [-0.15, -0.1) is 0 Å². The largest absolute Gasteiger partial charge is 0.418 e. The van der Waals surface area contributed by atoms with Gasteiger partial charge in [-0.1, -0.05) is 12.1 Å². The van der Waals surface area contributed by atoms with E-state index in [0.717, 1.165) is 22.8 Å². The summed E-state index contributed by atoms with van der Waals surface area (Å²) in [6, 6.07) is 9.42. The fraction of sp³-hybridized carbons (Fsp3) is 0.0625. The SMILES string of the molecule is N#C/C(=C/Nc1ccc(Br)cn1)C(=O)Nc1ccccc1C(F)(F)F. The van der Waals surface area contributed by atoms with Crippen molar-refractivity contribution in [3.8, 4) is 6.07 Å². The minimum atomic E-state index is -4.63. The molecule has 1 heterocycles. The zero-order valence-corrected chi connectivity index (χ0v) is 14.0. The second-order valence-electron chi connectivity index (χ2n) is 4.67. The van der Waals surface area contributed by atoms with Gasteiger partial charge in [0.2, 0.25) is 0 Å². The fourth-order valence-corrected chi connectivity index (χ4v) is 2.02. The van der Waals surface area contributed by atoms with E-state index < -0.39 is 28.9 Å². The maximum absolute atomic E-state index is 12.9. The second-order valence-corrected chi connectivity index (χ2v) is 5.59. The number of rotatable bonds is 4. The first-order valence-corrected chi connectivity index (χ1v) is 7.56. The van der Waals surface area contributed by atoms with Crippen LogP contribution in [0, 0.1) is 11.3 Å². The monoisotopic (exact) mass is 410 g/mol. The zero-order valence-electron chi connectivity index (χ0n) is 12.4. The van der Waals surface area contributed by atoms with Crippen LogP contribution in [0.3, 0.4) is 0 Å². The Balaban J connectivity index is 2.17. The number of aromatic nitrogens is 1. The number of alkyl halides is 3. The molecule has 0 radical (unpaired) electrons. The third-order valence-corrected chi connectivity index (χ3v) is 3.41. The molecule has 2 N–H and O–H groups in total. The van der Waals surface area contributed by atoms with Gasteiger partial charge in [0, 0.05) is 16.9 Å². The lowest BCUT2D eigenvalue weighted by Gasteiger charge is -2.13. The summed E-state index contributed by atoms with van der Waals surface area (Å²) in [6.45, 7) is 0. The van der Waals surface area contributed by atoms with Crippen LogP contribution in [0.5, 0.6) is 0 Å². The lowest BCUT2D eigenvalue weighted by Crippen LogP contribution is -2.18. The summed E-state index contributed by atoms with van der Waals surface area (Å²) in [5.74, 6) is -0.608. The molecule has 128 valence electrons. The van der Waals surface area contributed by atoms with Crippen LogP contribution in [0.15, 0.2) is 58.8 Å². The van der Waals surface area contributed by atoms with Gasteiger partial charge in [0.05, 0.1) is 11.3 Å². The molecule has 1 aromatic carbocycles. The van der Waals surface area contributed by atoms with Crippen LogP contribution in [-0.4, -0.2) is 10.9 Å². The molecule has 2 aromatic rings. The topological polar surface area (TPSA) is 77.8 Å². The smallest absolute Gasteiger partial charge is 0.345 e. The van der Waals surface area contributed by atoms with Gasteiger partial charge in [-0.2, -0.15) is 18.4 Å². The van der Waals surface area contributed by atoms with Crippen LogP contribution >= 0.6 is 15.9 Å². The van der Waals surface area contributed by atoms with E-state index in [1.54, 1.807) is 18.2 Å². The van der Waals surface area contributed by atoms with Gasteiger partial charge >= 0.3 is 6.18 Å². The van der Waals surface area contributed by atoms with Crippen molar-refractivity contribution < 1.29 is 18.0 Å². The number of hydrogen-bond acceptors (Lipinski definition) is 4. The van der Waals surface area contributed by atoms with E-state index in [1.165, 1.54) is 18.3 Å². The first-order valence-electron chi connectivity index (χ1n) is 6.77. The van der Waals surface area contributed by atoms with E-state index in [0.29, 0.717) is 5.82 Å². The predicted octanol–water partition coefficient (Wildman–Crippen LogP) is 4.32. The van der Waals surface area contributed by atoms with Crippen molar-refractivity contribution in [2.45, 2.75) is 6.18 Å². The minimum Gasteiger partial charge on any atom is -0.345 e. The average molecular weight is 411 g/mol. The lowest BCUT2D eigenvalue weighted by molar-refractivity contribution is -0.137. The number of halogens is 4. The van der Waals surface area contributed by atoms with Crippen LogP contribution in [-0.2, 0) is 11.0 Å². The van der Waals surface area contributed by atoms with Crippen LogP contribution in [0.25, 0.3) is 0 Å². The van der Waals surface area contributed by atoms with E-state index >= 15 is 0 Å². The Kier molecular flexibility index (Phi) is 5.77. The Morgan fingerprint density at radius 2 is 1.96 bits per heavy atom. The highest BCUT2D eigenvalue weighted by Gasteiger charge is 2.33. The van der Waals surface area contributed by atoms with Crippen LogP contribution < -0.4 is 10.6 Å². The van der Waals surface area contributed by atoms with Crippen molar-refractivity contribution in [3.05, 3.63) is 64.4 Å². The van der Waals surface area contributed by atoms with Gasteiger partial charge in [0.1, 0.15) is 17.5 Å². The number of hydrogen-bond donors (Lipinski definition) is 2.